The number of aliphatic hydroxyl groups excluding tert-OH is 1. The highest BCUT2D eigenvalue weighted by Gasteiger charge is 2.36. The molecule has 0 saturated carbocycles. The topological polar surface area (TPSA) is 74.6 Å². The van der Waals surface area contributed by atoms with Crippen molar-refractivity contribution in [2.45, 2.75) is 180 Å². The number of ketones is 2. The van der Waals surface area contributed by atoms with Gasteiger partial charge >= 0.3 is 0 Å². The molecule has 0 fully saturated rings. The van der Waals surface area contributed by atoms with Gasteiger partial charge in [-0.15, -0.1) is 0 Å². The maximum absolute atomic E-state index is 12.5. The van der Waals surface area contributed by atoms with E-state index in [0.717, 1.165) is 38.5 Å². The van der Waals surface area contributed by atoms with E-state index in [1.54, 1.807) is 0 Å². The van der Waals surface area contributed by atoms with Crippen LogP contribution in [0.1, 0.15) is 174 Å². The molecular weight excluding hydrogens is 436 g/mol. The standard InChI is InChI=1S/C31H60O4/c1-3-5-7-9-11-13-15-17-19-21-23-25-29(33)27-31(35,28-32)30(34)26-24-22-20-18-16-14-12-10-8-6-4-2/h32,35H,3-28H2,1-2H3. The maximum atomic E-state index is 12.5. The molecule has 0 bridgehead atoms. The minimum absolute atomic E-state index is 0.107. The van der Waals surface area contributed by atoms with Gasteiger partial charge in [0.25, 0.3) is 0 Å². The van der Waals surface area contributed by atoms with Crippen molar-refractivity contribution >= 4 is 11.6 Å². The summed E-state index contributed by atoms with van der Waals surface area (Å²) in [4.78, 5) is 24.8. The first kappa shape index (κ1) is 34.3. The molecule has 1 unspecified atom stereocenters. The lowest BCUT2D eigenvalue weighted by molar-refractivity contribution is -0.147. The second-order valence-corrected chi connectivity index (χ2v) is 10.9. The number of carbonyl (C=O) groups is 2. The zero-order valence-electron chi connectivity index (χ0n) is 23.6. The van der Waals surface area contributed by atoms with E-state index in [-0.39, 0.29) is 24.4 Å². The third-order valence-corrected chi connectivity index (χ3v) is 7.34. The molecule has 0 aromatic carbocycles. The highest BCUT2D eigenvalue weighted by atomic mass is 16.3. The number of unbranched alkanes of at least 4 members (excludes halogenated alkanes) is 20. The van der Waals surface area contributed by atoms with Gasteiger partial charge in [-0.25, -0.2) is 0 Å². The van der Waals surface area contributed by atoms with Crippen molar-refractivity contribution in [1.82, 2.24) is 0 Å². The van der Waals surface area contributed by atoms with Crippen molar-refractivity contribution in [2.24, 2.45) is 0 Å². The van der Waals surface area contributed by atoms with E-state index < -0.39 is 12.2 Å². The highest BCUT2D eigenvalue weighted by Crippen LogP contribution is 2.20. The lowest BCUT2D eigenvalue weighted by atomic mass is 9.88. The summed E-state index contributed by atoms with van der Waals surface area (Å²) in [5, 5.41) is 20.2. The average molecular weight is 497 g/mol. The molecule has 0 aliphatic heterocycles. The minimum atomic E-state index is -1.88. The third-order valence-electron chi connectivity index (χ3n) is 7.34. The molecular formula is C31H60O4. The Morgan fingerprint density at radius 2 is 0.829 bits per heavy atom. The monoisotopic (exact) mass is 496 g/mol. The molecule has 0 heterocycles. The second kappa shape index (κ2) is 24.9. The van der Waals surface area contributed by atoms with Crippen LogP contribution < -0.4 is 0 Å². The van der Waals surface area contributed by atoms with Crippen LogP contribution in [-0.2, 0) is 9.59 Å². The summed E-state index contributed by atoms with van der Waals surface area (Å²) < 4.78 is 0. The quantitative estimate of drug-likeness (QED) is 0.106. The summed E-state index contributed by atoms with van der Waals surface area (Å²) in [6.07, 6.45) is 27.1. The maximum Gasteiger partial charge on any atom is 0.167 e. The molecule has 0 aliphatic carbocycles. The van der Waals surface area contributed by atoms with E-state index in [4.69, 9.17) is 0 Å². The predicted molar refractivity (Wildman–Crippen MR) is 149 cm³/mol. The molecule has 4 nitrogen and oxygen atoms in total. The van der Waals surface area contributed by atoms with Crippen molar-refractivity contribution in [3.8, 4) is 0 Å². The molecule has 0 spiro atoms. The molecule has 0 aliphatic rings. The molecule has 35 heavy (non-hydrogen) atoms. The fourth-order valence-electron chi connectivity index (χ4n) is 4.83. The number of hydrogen-bond acceptors (Lipinski definition) is 4. The highest BCUT2D eigenvalue weighted by molar-refractivity contribution is 5.93. The van der Waals surface area contributed by atoms with Crippen molar-refractivity contribution in [3.63, 3.8) is 0 Å². The van der Waals surface area contributed by atoms with Crippen LogP contribution in [0.15, 0.2) is 0 Å². The van der Waals surface area contributed by atoms with Crippen LogP contribution in [0.3, 0.4) is 0 Å². The molecule has 0 amide bonds. The van der Waals surface area contributed by atoms with Gasteiger partial charge in [-0.3, -0.25) is 9.59 Å². The van der Waals surface area contributed by atoms with Crippen LogP contribution in [0.5, 0.6) is 0 Å². The Hall–Kier alpha value is -0.740. The fraction of sp³-hybridized carbons (Fsp3) is 0.935. The fourth-order valence-corrected chi connectivity index (χ4v) is 4.83. The Morgan fingerprint density at radius 1 is 0.514 bits per heavy atom. The number of rotatable bonds is 28. The lowest BCUT2D eigenvalue weighted by Crippen LogP contribution is -2.44. The molecule has 4 heteroatoms. The summed E-state index contributed by atoms with van der Waals surface area (Å²) in [5.41, 5.74) is -1.88. The average Bonchev–Trinajstić information content (AvgIpc) is 2.85. The van der Waals surface area contributed by atoms with Gasteiger partial charge in [0.15, 0.2) is 11.4 Å². The largest absolute Gasteiger partial charge is 0.393 e. The first-order chi connectivity index (χ1) is 17.0. The Kier molecular flexibility index (Phi) is 24.4. The summed E-state index contributed by atoms with van der Waals surface area (Å²) in [5.74, 6) is -0.479. The van der Waals surface area contributed by atoms with Gasteiger partial charge in [-0.1, -0.05) is 142 Å². The molecule has 1 atom stereocenters. The van der Waals surface area contributed by atoms with Gasteiger partial charge in [-0.05, 0) is 12.8 Å². The van der Waals surface area contributed by atoms with E-state index in [2.05, 4.69) is 13.8 Å². The van der Waals surface area contributed by atoms with E-state index in [0.29, 0.717) is 6.42 Å². The van der Waals surface area contributed by atoms with Crippen molar-refractivity contribution < 1.29 is 19.8 Å². The zero-order valence-corrected chi connectivity index (χ0v) is 23.6. The van der Waals surface area contributed by atoms with Gasteiger partial charge in [0, 0.05) is 19.3 Å². The summed E-state index contributed by atoms with van der Waals surface area (Å²) in [7, 11) is 0. The second-order valence-electron chi connectivity index (χ2n) is 10.9. The van der Waals surface area contributed by atoms with E-state index >= 15 is 0 Å². The summed E-state index contributed by atoms with van der Waals surface area (Å²) in [6, 6.07) is 0. The van der Waals surface area contributed by atoms with Gasteiger partial charge < -0.3 is 10.2 Å². The van der Waals surface area contributed by atoms with Crippen LogP contribution in [0.25, 0.3) is 0 Å². The van der Waals surface area contributed by atoms with Gasteiger partial charge in [0.05, 0.1) is 6.61 Å². The number of hydrogen-bond donors (Lipinski definition) is 2. The molecule has 0 radical (unpaired) electrons. The van der Waals surface area contributed by atoms with Crippen LogP contribution in [0.2, 0.25) is 0 Å². The lowest BCUT2D eigenvalue weighted by Gasteiger charge is -2.23. The van der Waals surface area contributed by atoms with E-state index in [1.807, 2.05) is 0 Å². The molecule has 0 saturated heterocycles. The first-order valence-electron chi connectivity index (χ1n) is 15.4. The van der Waals surface area contributed by atoms with Crippen LogP contribution >= 0.6 is 0 Å². The third kappa shape index (κ3) is 21.1. The predicted octanol–water partition coefficient (Wildman–Crippen LogP) is 8.64. The minimum Gasteiger partial charge on any atom is -0.393 e. The zero-order chi connectivity index (χ0) is 26.0. The van der Waals surface area contributed by atoms with Gasteiger partial charge in [-0.2, -0.15) is 0 Å². The van der Waals surface area contributed by atoms with E-state index in [1.165, 1.54) is 103 Å². The smallest absolute Gasteiger partial charge is 0.167 e. The normalized spacial score (nSPS) is 13.1. The van der Waals surface area contributed by atoms with E-state index in [9.17, 15) is 19.8 Å². The van der Waals surface area contributed by atoms with Gasteiger partial charge in [0.2, 0.25) is 0 Å². The number of carbonyl (C=O) groups excluding carboxylic acids is 2. The Labute approximate surface area is 218 Å². The van der Waals surface area contributed by atoms with Gasteiger partial charge in [0.1, 0.15) is 5.78 Å². The van der Waals surface area contributed by atoms with Crippen LogP contribution in [0.4, 0.5) is 0 Å². The Bertz CT molecular complexity index is 490. The molecule has 2 N–H and O–H groups in total. The first-order valence-corrected chi connectivity index (χ1v) is 15.4. The Balaban J connectivity index is 3.78. The Morgan fingerprint density at radius 3 is 1.17 bits per heavy atom. The number of aliphatic hydroxyl groups is 2. The summed E-state index contributed by atoms with van der Waals surface area (Å²) in [6.45, 7) is 3.82. The molecule has 208 valence electrons. The van der Waals surface area contributed by atoms with Crippen molar-refractivity contribution in [2.75, 3.05) is 6.61 Å². The SMILES string of the molecule is CCCCCCCCCCCCCC(=O)CC(O)(CO)C(=O)CCCCCCCCCCCCC. The van der Waals surface area contributed by atoms with Crippen LogP contribution in [0, 0.1) is 0 Å². The summed E-state index contributed by atoms with van der Waals surface area (Å²) >= 11 is 0. The van der Waals surface area contributed by atoms with Crippen molar-refractivity contribution in [3.05, 3.63) is 0 Å². The molecule has 0 aromatic heterocycles. The van der Waals surface area contributed by atoms with Crippen LogP contribution in [-0.4, -0.2) is 34.0 Å². The van der Waals surface area contributed by atoms with Crippen molar-refractivity contribution in [1.29, 1.82) is 0 Å². The molecule has 0 aromatic rings. The number of Topliss-reactive ketones (excluding diaryl/α,β-unsaturated/α-hetero) is 2. The molecule has 0 rings (SSSR count).